The number of ether oxygens (including phenoxy) is 1. The average Bonchev–Trinajstić information content (AvgIpc) is 3.31. The molecule has 6 nitrogen and oxygen atoms in total. The van der Waals surface area contributed by atoms with E-state index in [9.17, 15) is 0 Å². The Labute approximate surface area is 199 Å². The van der Waals surface area contributed by atoms with E-state index in [0.717, 1.165) is 57.8 Å². The summed E-state index contributed by atoms with van der Waals surface area (Å²) in [5.41, 5.74) is 6.08. The molecule has 0 aliphatic rings. The molecule has 0 bridgehead atoms. The molecule has 5 aromatic rings. The first-order chi connectivity index (χ1) is 16.7. The van der Waals surface area contributed by atoms with Crippen molar-refractivity contribution in [1.82, 2.24) is 24.6 Å². The van der Waals surface area contributed by atoms with Gasteiger partial charge in [0, 0.05) is 41.6 Å². The minimum atomic E-state index is 0.422. The van der Waals surface area contributed by atoms with Crippen LogP contribution in [-0.4, -0.2) is 45.3 Å². The monoisotopic (exact) mass is 449 g/mol. The van der Waals surface area contributed by atoms with E-state index in [-0.39, 0.29) is 0 Å². The maximum Gasteiger partial charge on any atom is 0.130 e. The number of nitrogens with zero attached hydrogens (tertiary/aromatic N) is 5. The van der Waals surface area contributed by atoms with Crippen molar-refractivity contribution in [3.05, 3.63) is 97.1 Å². The van der Waals surface area contributed by atoms with Gasteiger partial charge in [-0.2, -0.15) is 5.10 Å². The second-order valence-electron chi connectivity index (χ2n) is 8.50. The quantitative estimate of drug-likeness (QED) is 0.322. The molecular formula is C28H27N5O. The summed E-state index contributed by atoms with van der Waals surface area (Å²) >= 11 is 0. The number of rotatable bonds is 8. The molecule has 0 fully saturated rings. The van der Waals surface area contributed by atoms with Crippen molar-refractivity contribution >= 4 is 10.9 Å². The third-order valence-corrected chi connectivity index (χ3v) is 5.70. The van der Waals surface area contributed by atoms with Crippen molar-refractivity contribution in [3.8, 4) is 28.1 Å². The van der Waals surface area contributed by atoms with E-state index in [2.05, 4.69) is 59.4 Å². The van der Waals surface area contributed by atoms with Gasteiger partial charge in [0.1, 0.15) is 18.1 Å². The van der Waals surface area contributed by atoms with Crippen molar-refractivity contribution in [3.63, 3.8) is 0 Å². The Morgan fingerprint density at radius 1 is 0.853 bits per heavy atom. The maximum absolute atomic E-state index is 6.01. The lowest BCUT2D eigenvalue weighted by Crippen LogP contribution is -2.18. The Hall–Kier alpha value is -4.03. The summed E-state index contributed by atoms with van der Waals surface area (Å²) in [5.74, 6) is 0.802. The number of likely N-dealkylation sites (N-methyl/N-ethyl adjacent to an activating group) is 1. The zero-order chi connectivity index (χ0) is 23.3. The van der Waals surface area contributed by atoms with Gasteiger partial charge in [-0.1, -0.05) is 24.3 Å². The Kier molecular flexibility index (Phi) is 6.31. The summed E-state index contributed by atoms with van der Waals surface area (Å²) in [6.07, 6.45) is 5.74. The number of aromatic nitrogens is 4. The molecule has 6 heteroatoms. The largest absolute Gasteiger partial charge is 0.487 e. The van der Waals surface area contributed by atoms with Gasteiger partial charge in [0.25, 0.3) is 0 Å². The highest BCUT2D eigenvalue weighted by molar-refractivity contribution is 5.80. The van der Waals surface area contributed by atoms with Gasteiger partial charge >= 0.3 is 0 Å². The number of para-hydroxylation sites is 1. The van der Waals surface area contributed by atoms with Crippen LogP contribution in [0.3, 0.4) is 0 Å². The first-order valence-corrected chi connectivity index (χ1v) is 11.4. The second kappa shape index (κ2) is 9.85. The number of pyridine rings is 2. The van der Waals surface area contributed by atoms with Crippen LogP contribution < -0.4 is 4.74 Å². The summed E-state index contributed by atoms with van der Waals surface area (Å²) in [6.45, 7) is 2.17. The van der Waals surface area contributed by atoms with E-state index in [1.165, 1.54) is 0 Å². The zero-order valence-corrected chi connectivity index (χ0v) is 19.4. The van der Waals surface area contributed by atoms with Crippen molar-refractivity contribution in [2.75, 3.05) is 20.6 Å². The van der Waals surface area contributed by atoms with Gasteiger partial charge in [-0.15, -0.1) is 0 Å². The van der Waals surface area contributed by atoms with Gasteiger partial charge in [0.15, 0.2) is 0 Å². The summed E-state index contributed by atoms with van der Waals surface area (Å²) in [4.78, 5) is 11.0. The van der Waals surface area contributed by atoms with E-state index < -0.39 is 0 Å². The molecule has 0 atom stereocenters. The van der Waals surface area contributed by atoms with E-state index >= 15 is 0 Å². The first-order valence-electron chi connectivity index (χ1n) is 11.4. The number of fused-ring (bicyclic) bond motifs is 1. The van der Waals surface area contributed by atoms with E-state index in [0.29, 0.717) is 6.61 Å². The fraction of sp³-hybridized carbons (Fsp3) is 0.179. The van der Waals surface area contributed by atoms with Crippen molar-refractivity contribution in [1.29, 1.82) is 0 Å². The summed E-state index contributed by atoms with van der Waals surface area (Å²) in [7, 11) is 4.14. The highest BCUT2D eigenvalue weighted by Gasteiger charge is 2.14. The highest BCUT2D eigenvalue weighted by Crippen LogP contribution is 2.32. The van der Waals surface area contributed by atoms with Crippen LogP contribution in [0.15, 0.2) is 91.4 Å². The molecule has 170 valence electrons. The van der Waals surface area contributed by atoms with Crippen LogP contribution in [0.2, 0.25) is 0 Å². The van der Waals surface area contributed by atoms with Crippen LogP contribution >= 0.6 is 0 Å². The summed E-state index contributed by atoms with van der Waals surface area (Å²) < 4.78 is 8.03. The molecule has 3 heterocycles. The Morgan fingerprint density at radius 2 is 1.65 bits per heavy atom. The van der Waals surface area contributed by atoms with Gasteiger partial charge in [0.2, 0.25) is 0 Å². The predicted molar refractivity (Wildman–Crippen MR) is 136 cm³/mol. The molecule has 0 saturated carbocycles. The molecule has 0 aliphatic carbocycles. The average molecular weight is 450 g/mol. The molecule has 0 amide bonds. The molecule has 0 radical (unpaired) electrons. The molecule has 0 unspecified atom stereocenters. The van der Waals surface area contributed by atoms with Crippen LogP contribution in [-0.2, 0) is 13.2 Å². The molecule has 0 spiro atoms. The molecule has 2 aromatic carbocycles. The zero-order valence-electron chi connectivity index (χ0n) is 19.4. The summed E-state index contributed by atoms with van der Waals surface area (Å²) in [5, 5.41) is 6.03. The highest BCUT2D eigenvalue weighted by atomic mass is 16.5. The molecule has 3 aromatic heterocycles. The normalized spacial score (nSPS) is 11.3. The molecule has 0 N–H and O–H groups in total. The smallest absolute Gasteiger partial charge is 0.130 e. The van der Waals surface area contributed by atoms with Crippen LogP contribution in [0.25, 0.3) is 33.3 Å². The van der Waals surface area contributed by atoms with Crippen molar-refractivity contribution in [2.45, 2.75) is 13.2 Å². The van der Waals surface area contributed by atoms with Crippen molar-refractivity contribution < 1.29 is 4.74 Å². The molecule has 5 rings (SSSR count). The Balaban J connectivity index is 1.35. The van der Waals surface area contributed by atoms with Crippen LogP contribution in [0, 0.1) is 0 Å². The second-order valence-corrected chi connectivity index (χ2v) is 8.50. The Morgan fingerprint density at radius 3 is 2.44 bits per heavy atom. The topological polar surface area (TPSA) is 56.1 Å². The van der Waals surface area contributed by atoms with Crippen LogP contribution in [0.1, 0.15) is 5.69 Å². The number of hydrogen-bond donors (Lipinski definition) is 0. The van der Waals surface area contributed by atoms with Gasteiger partial charge < -0.3 is 9.64 Å². The standard InChI is InChI=1S/C28H27N5O/c1-32(2)17-18-33-19-26(21-13-15-29-16-14-21)28(31-33)23-8-11-25(12-9-23)34-20-24-10-7-22-5-3-4-6-27(22)30-24/h3-16,19H,17-18,20H2,1-2H3. The van der Waals surface area contributed by atoms with Crippen LogP contribution in [0.5, 0.6) is 5.75 Å². The van der Waals surface area contributed by atoms with E-state index in [1.54, 1.807) is 0 Å². The van der Waals surface area contributed by atoms with E-state index in [1.807, 2.05) is 65.6 Å². The predicted octanol–water partition coefficient (Wildman–Crippen LogP) is 5.30. The Bertz CT molecular complexity index is 1380. The maximum atomic E-state index is 6.01. The third-order valence-electron chi connectivity index (χ3n) is 5.70. The fourth-order valence-corrected chi connectivity index (χ4v) is 3.85. The lowest BCUT2D eigenvalue weighted by molar-refractivity contribution is 0.302. The number of hydrogen-bond acceptors (Lipinski definition) is 5. The van der Waals surface area contributed by atoms with Gasteiger partial charge in [-0.3, -0.25) is 9.67 Å². The minimum Gasteiger partial charge on any atom is -0.487 e. The SMILES string of the molecule is CN(C)CCn1cc(-c2ccncc2)c(-c2ccc(OCc3ccc4ccccc4n3)cc2)n1. The van der Waals surface area contributed by atoms with Gasteiger partial charge in [0.05, 0.1) is 17.8 Å². The van der Waals surface area contributed by atoms with E-state index in [4.69, 9.17) is 9.84 Å². The molecular weight excluding hydrogens is 422 g/mol. The minimum absolute atomic E-state index is 0.422. The van der Waals surface area contributed by atoms with Gasteiger partial charge in [-0.25, -0.2) is 4.98 Å². The molecule has 34 heavy (non-hydrogen) atoms. The lowest BCUT2D eigenvalue weighted by atomic mass is 10.0. The summed E-state index contributed by atoms with van der Waals surface area (Å²) in [6, 6.07) is 24.3. The number of benzene rings is 2. The lowest BCUT2D eigenvalue weighted by Gasteiger charge is -2.09. The fourth-order valence-electron chi connectivity index (χ4n) is 3.85. The molecule has 0 aliphatic heterocycles. The first kappa shape index (κ1) is 21.8. The van der Waals surface area contributed by atoms with Crippen molar-refractivity contribution in [2.24, 2.45) is 0 Å². The van der Waals surface area contributed by atoms with Gasteiger partial charge in [-0.05, 0) is 68.2 Å². The van der Waals surface area contributed by atoms with Crippen LogP contribution in [0.4, 0.5) is 0 Å². The third kappa shape index (κ3) is 4.97. The molecule has 0 saturated heterocycles.